The molecular formula is C16H15N7O3S. The van der Waals surface area contributed by atoms with Gasteiger partial charge < -0.3 is 0 Å². The third-order valence-corrected chi connectivity index (χ3v) is 4.25. The van der Waals surface area contributed by atoms with Gasteiger partial charge in [0.25, 0.3) is 17.4 Å². The number of nitro benzene ring substituents is 1. The smallest absolute Gasteiger partial charge is 0.270 e. The van der Waals surface area contributed by atoms with Crippen LogP contribution in [0, 0.1) is 24.0 Å². The molecule has 1 amide bonds. The van der Waals surface area contributed by atoms with Gasteiger partial charge in [-0.25, -0.2) is 14.9 Å². The summed E-state index contributed by atoms with van der Waals surface area (Å²) in [7, 11) is 0. The second-order valence-electron chi connectivity index (χ2n) is 5.58. The van der Waals surface area contributed by atoms with Gasteiger partial charge in [0.05, 0.1) is 16.9 Å². The van der Waals surface area contributed by atoms with Crippen molar-refractivity contribution in [1.29, 1.82) is 0 Å². The number of benzene rings is 1. The molecule has 0 radical (unpaired) electrons. The standard InChI is InChI=1S/C16H15N7O3S/c1-10-6-11(2)22-15(18-10)19-16(21-22)27-9-14(24)20-17-8-12-4-3-5-13(7-12)23(25)26/h3-8H,9H2,1-2H3,(H,20,24)/b17-8-. The average Bonchev–Trinajstić information content (AvgIpc) is 3.03. The lowest BCUT2D eigenvalue weighted by molar-refractivity contribution is -0.384. The van der Waals surface area contributed by atoms with Crippen molar-refractivity contribution in [2.45, 2.75) is 19.0 Å². The van der Waals surface area contributed by atoms with Gasteiger partial charge in [-0.15, -0.1) is 5.10 Å². The van der Waals surface area contributed by atoms with E-state index in [1.165, 1.54) is 18.3 Å². The summed E-state index contributed by atoms with van der Waals surface area (Å²) in [4.78, 5) is 30.7. The van der Waals surface area contributed by atoms with Crippen molar-refractivity contribution < 1.29 is 9.72 Å². The molecule has 0 saturated heterocycles. The number of hydrogen-bond acceptors (Lipinski definition) is 8. The number of thioether (sulfide) groups is 1. The van der Waals surface area contributed by atoms with Gasteiger partial charge in [0.1, 0.15) is 0 Å². The summed E-state index contributed by atoms with van der Waals surface area (Å²) in [6.45, 7) is 3.78. The number of fused-ring (bicyclic) bond motifs is 1. The van der Waals surface area contributed by atoms with Crippen LogP contribution in [-0.4, -0.2) is 42.4 Å². The summed E-state index contributed by atoms with van der Waals surface area (Å²) >= 11 is 1.16. The van der Waals surface area contributed by atoms with E-state index in [1.54, 1.807) is 16.6 Å². The van der Waals surface area contributed by atoms with Crippen LogP contribution in [0.25, 0.3) is 5.78 Å². The second kappa shape index (κ2) is 7.91. The molecule has 0 unspecified atom stereocenters. The molecule has 0 bridgehead atoms. The van der Waals surface area contributed by atoms with E-state index in [9.17, 15) is 14.9 Å². The molecular weight excluding hydrogens is 370 g/mol. The van der Waals surface area contributed by atoms with Gasteiger partial charge >= 0.3 is 0 Å². The van der Waals surface area contributed by atoms with Crippen LogP contribution in [0.15, 0.2) is 40.6 Å². The van der Waals surface area contributed by atoms with E-state index in [2.05, 4.69) is 25.6 Å². The summed E-state index contributed by atoms with van der Waals surface area (Å²) in [6.07, 6.45) is 1.34. The Kier molecular flexibility index (Phi) is 5.41. The maximum Gasteiger partial charge on any atom is 0.270 e. The van der Waals surface area contributed by atoms with Crippen LogP contribution in [0.4, 0.5) is 5.69 Å². The van der Waals surface area contributed by atoms with E-state index in [1.807, 2.05) is 19.9 Å². The lowest BCUT2D eigenvalue weighted by atomic mass is 10.2. The van der Waals surface area contributed by atoms with E-state index < -0.39 is 4.92 Å². The van der Waals surface area contributed by atoms with Gasteiger partial charge in [-0.2, -0.15) is 10.1 Å². The number of aryl methyl sites for hydroxylation is 2. The molecule has 0 aliphatic rings. The Morgan fingerprint density at radius 1 is 1.37 bits per heavy atom. The highest BCUT2D eigenvalue weighted by Gasteiger charge is 2.10. The molecule has 0 fully saturated rings. The zero-order valence-corrected chi connectivity index (χ0v) is 15.3. The van der Waals surface area contributed by atoms with Crippen LogP contribution >= 0.6 is 11.8 Å². The number of nitrogens with one attached hydrogen (secondary N) is 1. The van der Waals surface area contributed by atoms with Crippen molar-refractivity contribution in [2.75, 3.05) is 5.75 Å². The topological polar surface area (TPSA) is 128 Å². The molecule has 3 aromatic rings. The van der Waals surface area contributed by atoms with E-state index in [-0.39, 0.29) is 17.3 Å². The average molecular weight is 385 g/mol. The predicted octanol–water partition coefficient (Wildman–Crippen LogP) is 1.89. The Morgan fingerprint density at radius 3 is 2.96 bits per heavy atom. The summed E-state index contributed by atoms with van der Waals surface area (Å²) in [5, 5.41) is 19.3. The van der Waals surface area contributed by atoms with Crippen LogP contribution in [0.5, 0.6) is 0 Å². The van der Waals surface area contributed by atoms with Gasteiger partial charge in [-0.05, 0) is 19.9 Å². The molecule has 3 rings (SSSR count). The van der Waals surface area contributed by atoms with Gasteiger partial charge in [0.15, 0.2) is 0 Å². The minimum absolute atomic E-state index is 0.0436. The molecule has 1 aromatic carbocycles. The summed E-state index contributed by atoms with van der Waals surface area (Å²) in [6, 6.07) is 7.83. The molecule has 0 aliphatic heterocycles. The van der Waals surface area contributed by atoms with E-state index in [0.717, 1.165) is 23.1 Å². The van der Waals surface area contributed by atoms with E-state index in [0.29, 0.717) is 16.5 Å². The number of non-ortho nitro benzene ring substituents is 1. The van der Waals surface area contributed by atoms with E-state index >= 15 is 0 Å². The Bertz CT molecular complexity index is 1050. The van der Waals surface area contributed by atoms with Crippen LogP contribution in [0.2, 0.25) is 0 Å². The minimum atomic E-state index is -0.494. The number of rotatable bonds is 6. The maximum atomic E-state index is 11.9. The van der Waals surface area contributed by atoms with Gasteiger partial charge in [0, 0.05) is 29.1 Å². The first kappa shape index (κ1) is 18.5. The normalized spacial score (nSPS) is 11.2. The molecule has 1 N–H and O–H groups in total. The molecule has 0 atom stereocenters. The molecule has 138 valence electrons. The molecule has 2 heterocycles. The lowest BCUT2D eigenvalue weighted by Crippen LogP contribution is -2.19. The molecule has 10 nitrogen and oxygen atoms in total. The van der Waals surface area contributed by atoms with Crippen molar-refractivity contribution in [3.63, 3.8) is 0 Å². The maximum absolute atomic E-state index is 11.9. The summed E-state index contributed by atoms with van der Waals surface area (Å²) in [5.74, 6) is 0.210. The first-order valence-corrected chi connectivity index (χ1v) is 8.81. The van der Waals surface area contributed by atoms with Crippen LogP contribution < -0.4 is 5.43 Å². The number of aromatic nitrogens is 4. The number of hydrazone groups is 1. The number of nitro groups is 1. The largest absolute Gasteiger partial charge is 0.272 e. The fraction of sp³-hybridized carbons (Fsp3) is 0.188. The molecule has 2 aromatic heterocycles. The van der Waals surface area contributed by atoms with Gasteiger partial charge in [-0.3, -0.25) is 14.9 Å². The highest BCUT2D eigenvalue weighted by atomic mass is 32.2. The van der Waals surface area contributed by atoms with Crippen molar-refractivity contribution in [1.82, 2.24) is 25.0 Å². The Hall–Kier alpha value is -3.34. The molecule has 0 spiro atoms. The highest BCUT2D eigenvalue weighted by Crippen LogP contribution is 2.15. The summed E-state index contributed by atoms with van der Waals surface area (Å²) < 4.78 is 1.62. The van der Waals surface area contributed by atoms with Gasteiger partial charge in [0.2, 0.25) is 5.16 Å². The molecule has 27 heavy (non-hydrogen) atoms. The lowest BCUT2D eigenvalue weighted by Gasteiger charge is -1.98. The SMILES string of the molecule is Cc1cc(C)n2nc(SCC(=O)N/N=C\c3cccc([N+](=O)[O-])c3)nc2n1. The number of carbonyl (C=O) groups excluding carboxylic acids is 1. The summed E-state index contributed by atoms with van der Waals surface area (Å²) in [5.41, 5.74) is 4.58. The monoisotopic (exact) mass is 385 g/mol. The van der Waals surface area contributed by atoms with Crippen molar-refractivity contribution in [3.05, 3.63) is 57.4 Å². The van der Waals surface area contributed by atoms with Crippen molar-refractivity contribution >= 4 is 35.3 Å². The molecule has 0 saturated carbocycles. The van der Waals surface area contributed by atoms with Crippen LogP contribution in [-0.2, 0) is 4.79 Å². The third kappa shape index (κ3) is 4.64. The van der Waals surface area contributed by atoms with Crippen molar-refractivity contribution in [3.8, 4) is 0 Å². The number of carbonyl (C=O) groups is 1. The molecule has 11 heteroatoms. The first-order chi connectivity index (χ1) is 12.9. The van der Waals surface area contributed by atoms with Gasteiger partial charge in [-0.1, -0.05) is 23.9 Å². The fourth-order valence-electron chi connectivity index (χ4n) is 2.27. The van der Waals surface area contributed by atoms with E-state index in [4.69, 9.17) is 0 Å². The van der Waals surface area contributed by atoms with Crippen molar-refractivity contribution in [2.24, 2.45) is 5.10 Å². The number of nitrogens with zero attached hydrogens (tertiary/aromatic N) is 6. The Morgan fingerprint density at radius 2 is 2.19 bits per heavy atom. The first-order valence-electron chi connectivity index (χ1n) is 7.82. The Labute approximate surface area is 157 Å². The third-order valence-electron chi connectivity index (χ3n) is 3.42. The number of amides is 1. The fourth-order valence-corrected chi connectivity index (χ4v) is 2.88. The quantitative estimate of drug-likeness (QED) is 0.297. The number of hydrogen-bond donors (Lipinski definition) is 1. The zero-order valence-electron chi connectivity index (χ0n) is 14.5. The van der Waals surface area contributed by atoms with Crippen LogP contribution in [0.1, 0.15) is 17.0 Å². The minimum Gasteiger partial charge on any atom is -0.272 e. The second-order valence-corrected chi connectivity index (χ2v) is 6.52. The van der Waals surface area contributed by atoms with Crippen LogP contribution in [0.3, 0.4) is 0 Å². The zero-order chi connectivity index (χ0) is 19.4. The predicted molar refractivity (Wildman–Crippen MR) is 99.8 cm³/mol. The Balaban J connectivity index is 1.56. The molecule has 0 aliphatic carbocycles. The highest BCUT2D eigenvalue weighted by molar-refractivity contribution is 7.99.